The second-order valence-electron chi connectivity index (χ2n) is 6.93. The fourth-order valence-electron chi connectivity index (χ4n) is 2.88. The highest BCUT2D eigenvalue weighted by molar-refractivity contribution is 5.73. The Kier molecular flexibility index (Phi) is 6.05. The minimum absolute atomic E-state index is 0.125. The lowest BCUT2D eigenvalue weighted by atomic mass is 9.93. The minimum Gasteiger partial charge on any atom is -0.479 e. The molecule has 140 valence electrons. The lowest BCUT2D eigenvalue weighted by Gasteiger charge is -2.39. The van der Waals surface area contributed by atoms with Crippen LogP contribution in [0.15, 0.2) is 18.2 Å². The number of aliphatic hydroxyl groups excluding tert-OH is 3. The topological polar surface area (TPSA) is 116 Å². The van der Waals surface area contributed by atoms with Crippen LogP contribution in [0.3, 0.4) is 0 Å². The summed E-state index contributed by atoms with van der Waals surface area (Å²) in [6, 6.07) is 5.69. The molecule has 4 N–H and O–H groups in total. The van der Waals surface area contributed by atoms with Crippen LogP contribution >= 0.6 is 0 Å². The van der Waals surface area contributed by atoms with Gasteiger partial charge >= 0.3 is 5.97 Å². The molecular formula is C18H26O7. The van der Waals surface area contributed by atoms with Crippen LogP contribution in [0, 0.1) is 0 Å². The molecule has 1 saturated heterocycles. The number of carboxylic acid groups (broad SMARTS) is 1. The van der Waals surface area contributed by atoms with Gasteiger partial charge in [-0.3, -0.25) is 0 Å². The summed E-state index contributed by atoms with van der Waals surface area (Å²) in [5, 5.41) is 39.0. The number of rotatable bonds is 5. The van der Waals surface area contributed by atoms with Crippen LogP contribution in [0.1, 0.15) is 50.7 Å². The number of aliphatic carboxylic acids is 1. The van der Waals surface area contributed by atoms with Gasteiger partial charge in [0.25, 0.3) is 0 Å². The first-order valence-corrected chi connectivity index (χ1v) is 8.37. The van der Waals surface area contributed by atoms with E-state index in [2.05, 4.69) is 0 Å². The maximum absolute atomic E-state index is 11.2. The van der Waals surface area contributed by atoms with Crippen LogP contribution in [0.5, 0.6) is 5.75 Å². The molecule has 1 aliphatic heterocycles. The van der Waals surface area contributed by atoms with E-state index in [1.807, 2.05) is 45.9 Å². The van der Waals surface area contributed by atoms with Crippen LogP contribution in [0.4, 0.5) is 0 Å². The smallest absolute Gasteiger partial charge is 0.335 e. The van der Waals surface area contributed by atoms with Crippen molar-refractivity contribution in [2.24, 2.45) is 0 Å². The fraction of sp³-hybridized carbons (Fsp3) is 0.611. The van der Waals surface area contributed by atoms with Crippen molar-refractivity contribution < 1.29 is 34.7 Å². The van der Waals surface area contributed by atoms with E-state index in [1.165, 1.54) is 0 Å². The largest absolute Gasteiger partial charge is 0.479 e. The van der Waals surface area contributed by atoms with Crippen molar-refractivity contribution in [3.8, 4) is 5.75 Å². The molecule has 0 aromatic heterocycles. The summed E-state index contributed by atoms with van der Waals surface area (Å²) in [7, 11) is 0. The predicted molar refractivity (Wildman–Crippen MR) is 89.6 cm³/mol. The number of hydrogen-bond acceptors (Lipinski definition) is 6. The van der Waals surface area contributed by atoms with E-state index in [9.17, 15) is 20.1 Å². The van der Waals surface area contributed by atoms with Gasteiger partial charge in [0.2, 0.25) is 6.29 Å². The van der Waals surface area contributed by atoms with Crippen LogP contribution < -0.4 is 4.74 Å². The van der Waals surface area contributed by atoms with Crippen LogP contribution in [0.25, 0.3) is 0 Å². The standard InChI is InChI=1S/C18H26O7/c1-8(2)10-6-5-7-11(9(3)4)15(10)24-18-14(21)12(19)13(20)16(25-18)17(22)23/h5-9,12-14,16,18-21H,1-4H3,(H,22,23)/t12?,13-,14?,16-,18+/m0/s1. The summed E-state index contributed by atoms with van der Waals surface area (Å²) in [5.41, 5.74) is 1.77. The molecule has 5 atom stereocenters. The zero-order valence-corrected chi connectivity index (χ0v) is 14.8. The highest BCUT2D eigenvalue weighted by atomic mass is 16.7. The summed E-state index contributed by atoms with van der Waals surface area (Å²) in [6.07, 6.45) is -8.09. The van der Waals surface area contributed by atoms with Crippen molar-refractivity contribution >= 4 is 5.97 Å². The molecule has 1 heterocycles. The van der Waals surface area contributed by atoms with Crippen molar-refractivity contribution in [3.05, 3.63) is 29.3 Å². The Labute approximate surface area is 146 Å². The predicted octanol–water partition coefficient (Wildman–Crippen LogP) is 1.20. The van der Waals surface area contributed by atoms with Crippen molar-refractivity contribution in [2.45, 2.75) is 70.2 Å². The number of carboxylic acids is 1. The van der Waals surface area contributed by atoms with Gasteiger partial charge in [-0.2, -0.15) is 0 Å². The summed E-state index contributed by atoms with van der Waals surface area (Å²) in [5.74, 6) is -0.682. The number of benzene rings is 1. The zero-order chi connectivity index (χ0) is 18.9. The number of para-hydroxylation sites is 1. The van der Waals surface area contributed by atoms with E-state index in [1.54, 1.807) is 0 Å². The third kappa shape index (κ3) is 3.95. The molecule has 1 aromatic rings. The van der Waals surface area contributed by atoms with E-state index in [4.69, 9.17) is 14.6 Å². The van der Waals surface area contributed by atoms with Crippen molar-refractivity contribution in [3.63, 3.8) is 0 Å². The van der Waals surface area contributed by atoms with Gasteiger partial charge in [-0.15, -0.1) is 0 Å². The van der Waals surface area contributed by atoms with E-state index in [0.717, 1.165) is 11.1 Å². The van der Waals surface area contributed by atoms with Crippen molar-refractivity contribution in [1.29, 1.82) is 0 Å². The molecule has 7 nitrogen and oxygen atoms in total. The molecule has 0 spiro atoms. The van der Waals surface area contributed by atoms with E-state index in [-0.39, 0.29) is 11.8 Å². The van der Waals surface area contributed by atoms with E-state index >= 15 is 0 Å². The zero-order valence-electron chi connectivity index (χ0n) is 14.8. The Morgan fingerprint density at radius 2 is 1.52 bits per heavy atom. The maximum atomic E-state index is 11.2. The molecule has 0 aliphatic carbocycles. The molecule has 2 unspecified atom stereocenters. The Hall–Kier alpha value is -1.67. The molecular weight excluding hydrogens is 328 g/mol. The summed E-state index contributed by atoms with van der Waals surface area (Å²) < 4.78 is 11.1. The molecule has 7 heteroatoms. The second kappa shape index (κ2) is 7.70. The first-order valence-electron chi connectivity index (χ1n) is 8.37. The van der Waals surface area contributed by atoms with E-state index in [0.29, 0.717) is 5.75 Å². The third-order valence-electron chi connectivity index (χ3n) is 4.37. The molecule has 0 bridgehead atoms. The molecule has 1 aromatic carbocycles. The number of aliphatic hydroxyl groups is 3. The van der Waals surface area contributed by atoms with Gasteiger partial charge in [0.1, 0.15) is 24.1 Å². The summed E-state index contributed by atoms with van der Waals surface area (Å²) >= 11 is 0. The van der Waals surface area contributed by atoms with Gasteiger partial charge in [-0.05, 0) is 23.0 Å². The number of carbonyl (C=O) groups is 1. The Bertz CT molecular complexity index is 587. The van der Waals surface area contributed by atoms with Gasteiger partial charge in [-0.1, -0.05) is 45.9 Å². The second-order valence-corrected chi connectivity index (χ2v) is 6.93. The van der Waals surface area contributed by atoms with Gasteiger partial charge in [0.05, 0.1) is 0 Å². The van der Waals surface area contributed by atoms with Crippen molar-refractivity contribution in [2.75, 3.05) is 0 Å². The van der Waals surface area contributed by atoms with Gasteiger partial charge in [-0.25, -0.2) is 4.79 Å². The first kappa shape index (κ1) is 19.7. The summed E-state index contributed by atoms with van der Waals surface area (Å²) in [6.45, 7) is 7.96. The molecule has 25 heavy (non-hydrogen) atoms. The Morgan fingerprint density at radius 1 is 1.00 bits per heavy atom. The van der Waals surface area contributed by atoms with Crippen LogP contribution in [-0.2, 0) is 9.53 Å². The average molecular weight is 354 g/mol. The van der Waals surface area contributed by atoms with Crippen LogP contribution in [0.2, 0.25) is 0 Å². The Balaban J connectivity index is 2.39. The molecule has 0 amide bonds. The lowest BCUT2D eigenvalue weighted by molar-refractivity contribution is -0.271. The van der Waals surface area contributed by atoms with Gasteiger partial charge < -0.3 is 29.9 Å². The SMILES string of the molecule is CC(C)c1cccc(C(C)C)c1O[C@@H]1O[C@H](C(=O)O)[C@@H](O)C(O)C1O. The average Bonchev–Trinajstić information content (AvgIpc) is 2.54. The molecule has 0 saturated carbocycles. The fourth-order valence-corrected chi connectivity index (χ4v) is 2.88. The third-order valence-corrected chi connectivity index (χ3v) is 4.37. The lowest BCUT2D eigenvalue weighted by Crippen LogP contribution is -2.61. The van der Waals surface area contributed by atoms with Gasteiger partial charge in [0.15, 0.2) is 6.10 Å². The van der Waals surface area contributed by atoms with Gasteiger partial charge in [0, 0.05) is 0 Å². The quantitative estimate of drug-likeness (QED) is 0.628. The highest BCUT2D eigenvalue weighted by Crippen LogP contribution is 2.36. The molecule has 2 rings (SSSR count). The molecule has 0 radical (unpaired) electrons. The number of ether oxygens (including phenoxy) is 2. The first-order chi connectivity index (χ1) is 11.6. The van der Waals surface area contributed by atoms with Crippen LogP contribution in [-0.4, -0.2) is 57.1 Å². The maximum Gasteiger partial charge on any atom is 0.335 e. The minimum atomic E-state index is -1.74. The normalized spacial score (nSPS) is 29.9. The monoisotopic (exact) mass is 354 g/mol. The van der Waals surface area contributed by atoms with E-state index < -0.39 is 36.7 Å². The summed E-state index contributed by atoms with van der Waals surface area (Å²) in [4.78, 5) is 11.2. The number of hydrogen-bond donors (Lipinski definition) is 4. The van der Waals surface area contributed by atoms with Crippen molar-refractivity contribution in [1.82, 2.24) is 0 Å². The molecule has 1 aliphatic rings. The highest BCUT2D eigenvalue weighted by Gasteiger charge is 2.48. The molecule has 1 fully saturated rings. The Morgan fingerprint density at radius 3 is 1.96 bits per heavy atom.